The average molecular weight is 202 g/mol. The molecule has 5 nitrogen and oxygen atoms in total. The molecule has 0 fully saturated rings. The summed E-state index contributed by atoms with van der Waals surface area (Å²) < 4.78 is 0. The van der Waals surface area contributed by atoms with E-state index in [9.17, 15) is 4.79 Å². The maximum Gasteiger partial charge on any atom is 0.237 e. The Bertz CT molecular complexity index is 181. The van der Waals surface area contributed by atoms with Crippen molar-refractivity contribution in [1.82, 2.24) is 10.6 Å². The van der Waals surface area contributed by atoms with E-state index in [1.54, 1.807) is 13.0 Å². The third-order valence-corrected chi connectivity index (χ3v) is 1.74. The first kappa shape index (κ1) is 13.1. The van der Waals surface area contributed by atoms with Crippen LogP contribution in [0.3, 0.4) is 0 Å². The topological polar surface area (TPSA) is 81.6 Å². The molecular weight excluding hydrogens is 184 g/mol. The molecular formula is C9H18N2O3. The molecule has 0 aromatic heterocycles. The number of carbonyl (C=O) groups excluding carboxylic acids is 1. The lowest BCUT2D eigenvalue weighted by molar-refractivity contribution is -0.122. The molecule has 0 heterocycles. The van der Waals surface area contributed by atoms with Crippen LogP contribution < -0.4 is 10.6 Å². The molecule has 0 bridgehead atoms. The fraction of sp³-hybridized carbons (Fsp3) is 0.667. The Kier molecular flexibility index (Phi) is 7.00. The molecule has 0 aromatic rings. The van der Waals surface area contributed by atoms with Crippen LogP contribution in [0.2, 0.25) is 0 Å². The maximum atomic E-state index is 11.3. The quantitative estimate of drug-likeness (QED) is 0.384. The maximum absolute atomic E-state index is 11.3. The largest absolute Gasteiger partial charge is 0.395 e. The van der Waals surface area contributed by atoms with Crippen molar-refractivity contribution >= 4 is 5.91 Å². The van der Waals surface area contributed by atoms with Gasteiger partial charge in [0, 0.05) is 6.54 Å². The Morgan fingerprint density at radius 3 is 2.50 bits per heavy atom. The van der Waals surface area contributed by atoms with E-state index in [0.29, 0.717) is 6.54 Å². The van der Waals surface area contributed by atoms with Crippen LogP contribution >= 0.6 is 0 Å². The Hall–Kier alpha value is -0.910. The van der Waals surface area contributed by atoms with Gasteiger partial charge in [-0.15, -0.1) is 6.58 Å². The van der Waals surface area contributed by atoms with E-state index in [1.807, 2.05) is 0 Å². The highest BCUT2D eigenvalue weighted by molar-refractivity contribution is 5.81. The molecule has 0 rings (SSSR count). The zero-order valence-electron chi connectivity index (χ0n) is 8.36. The number of aliphatic hydroxyl groups excluding tert-OH is 2. The van der Waals surface area contributed by atoms with E-state index in [4.69, 9.17) is 10.2 Å². The van der Waals surface area contributed by atoms with Gasteiger partial charge in [0.15, 0.2) is 0 Å². The molecule has 0 saturated heterocycles. The van der Waals surface area contributed by atoms with Crippen LogP contribution in [0.4, 0.5) is 0 Å². The second-order valence-corrected chi connectivity index (χ2v) is 2.98. The summed E-state index contributed by atoms with van der Waals surface area (Å²) >= 11 is 0. The van der Waals surface area contributed by atoms with E-state index in [1.165, 1.54) is 0 Å². The fourth-order valence-electron chi connectivity index (χ4n) is 0.918. The molecule has 82 valence electrons. The summed E-state index contributed by atoms with van der Waals surface area (Å²) in [5.74, 6) is -0.184. The Labute approximate surface area is 83.8 Å². The van der Waals surface area contributed by atoms with Crippen LogP contribution in [0.15, 0.2) is 12.7 Å². The van der Waals surface area contributed by atoms with Gasteiger partial charge < -0.3 is 15.5 Å². The first-order chi connectivity index (χ1) is 6.65. The molecule has 0 radical (unpaired) electrons. The summed E-state index contributed by atoms with van der Waals surface area (Å²) in [6.07, 6.45) is 1.58. The van der Waals surface area contributed by atoms with Crippen molar-refractivity contribution < 1.29 is 15.0 Å². The normalized spacial score (nSPS) is 12.6. The minimum Gasteiger partial charge on any atom is -0.395 e. The zero-order chi connectivity index (χ0) is 11.0. The van der Waals surface area contributed by atoms with E-state index in [0.717, 1.165) is 0 Å². The zero-order valence-corrected chi connectivity index (χ0v) is 8.36. The minimum absolute atomic E-state index is 0.184. The van der Waals surface area contributed by atoms with Gasteiger partial charge >= 0.3 is 0 Å². The molecule has 1 amide bonds. The molecule has 0 aliphatic heterocycles. The summed E-state index contributed by atoms with van der Waals surface area (Å²) in [7, 11) is 0. The number of aliphatic hydroxyl groups is 2. The van der Waals surface area contributed by atoms with Crippen LogP contribution in [0.1, 0.15) is 6.92 Å². The number of hydrogen-bond donors (Lipinski definition) is 4. The van der Waals surface area contributed by atoms with Crippen molar-refractivity contribution in [3.8, 4) is 0 Å². The number of hydrogen-bond acceptors (Lipinski definition) is 4. The van der Waals surface area contributed by atoms with Gasteiger partial charge in [0.1, 0.15) is 0 Å². The van der Waals surface area contributed by atoms with Crippen molar-refractivity contribution in [2.24, 2.45) is 0 Å². The highest BCUT2D eigenvalue weighted by Gasteiger charge is 2.15. The molecule has 0 aliphatic carbocycles. The molecule has 0 aromatic carbocycles. The summed E-state index contributed by atoms with van der Waals surface area (Å²) in [5, 5.41) is 22.9. The van der Waals surface area contributed by atoms with E-state index >= 15 is 0 Å². The van der Waals surface area contributed by atoms with Crippen LogP contribution in [0.5, 0.6) is 0 Å². The van der Waals surface area contributed by atoms with Gasteiger partial charge in [0.05, 0.1) is 25.3 Å². The molecule has 0 saturated carbocycles. The smallest absolute Gasteiger partial charge is 0.237 e. The first-order valence-corrected chi connectivity index (χ1v) is 4.52. The van der Waals surface area contributed by atoms with Crippen molar-refractivity contribution in [3.63, 3.8) is 0 Å². The van der Waals surface area contributed by atoms with Gasteiger partial charge in [-0.05, 0) is 6.92 Å². The summed E-state index contributed by atoms with van der Waals surface area (Å²) in [4.78, 5) is 11.3. The molecule has 1 atom stereocenters. The van der Waals surface area contributed by atoms with Crippen molar-refractivity contribution in [1.29, 1.82) is 0 Å². The standard InChI is InChI=1S/C9H18N2O3/c1-3-4-10-9(14)7(2)11-8(5-12)6-13/h3,7-8,11-13H,1,4-6H2,2H3,(H,10,14). The average Bonchev–Trinajstić information content (AvgIpc) is 2.21. The van der Waals surface area contributed by atoms with E-state index in [2.05, 4.69) is 17.2 Å². The van der Waals surface area contributed by atoms with Crippen molar-refractivity contribution in [3.05, 3.63) is 12.7 Å². The second kappa shape index (κ2) is 7.49. The van der Waals surface area contributed by atoms with Crippen LogP contribution in [-0.2, 0) is 4.79 Å². The summed E-state index contributed by atoms with van der Waals surface area (Å²) in [6.45, 7) is 5.15. The molecule has 4 N–H and O–H groups in total. The van der Waals surface area contributed by atoms with Crippen LogP contribution in [0.25, 0.3) is 0 Å². The summed E-state index contributed by atoms with van der Waals surface area (Å²) in [5.41, 5.74) is 0. The lowest BCUT2D eigenvalue weighted by Gasteiger charge is -2.18. The molecule has 14 heavy (non-hydrogen) atoms. The SMILES string of the molecule is C=CCNC(=O)C(C)NC(CO)CO. The van der Waals surface area contributed by atoms with Crippen LogP contribution in [-0.4, -0.2) is 48.0 Å². The van der Waals surface area contributed by atoms with E-state index < -0.39 is 12.1 Å². The highest BCUT2D eigenvalue weighted by atomic mass is 16.3. The minimum atomic E-state index is -0.459. The lowest BCUT2D eigenvalue weighted by Crippen LogP contribution is -2.49. The van der Waals surface area contributed by atoms with Gasteiger partial charge in [-0.25, -0.2) is 0 Å². The van der Waals surface area contributed by atoms with Gasteiger partial charge in [0.25, 0.3) is 0 Å². The predicted octanol–water partition coefficient (Wildman–Crippen LogP) is -1.38. The molecule has 1 unspecified atom stereocenters. The van der Waals surface area contributed by atoms with Gasteiger partial charge in [-0.1, -0.05) is 6.08 Å². The molecule has 0 spiro atoms. The lowest BCUT2D eigenvalue weighted by atomic mass is 10.2. The molecule has 0 aliphatic rings. The van der Waals surface area contributed by atoms with Crippen molar-refractivity contribution in [2.75, 3.05) is 19.8 Å². The molecule has 5 heteroatoms. The van der Waals surface area contributed by atoms with Crippen LogP contribution in [0, 0.1) is 0 Å². The number of amides is 1. The predicted molar refractivity (Wildman–Crippen MR) is 53.8 cm³/mol. The number of rotatable bonds is 7. The monoisotopic (exact) mass is 202 g/mol. The number of carbonyl (C=O) groups is 1. The number of nitrogens with one attached hydrogen (secondary N) is 2. The first-order valence-electron chi connectivity index (χ1n) is 4.52. The Morgan fingerprint density at radius 2 is 2.07 bits per heavy atom. The Morgan fingerprint density at radius 1 is 1.50 bits per heavy atom. The third kappa shape index (κ3) is 4.96. The fourth-order valence-corrected chi connectivity index (χ4v) is 0.918. The van der Waals surface area contributed by atoms with Gasteiger partial charge in [-0.3, -0.25) is 10.1 Å². The van der Waals surface area contributed by atoms with Gasteiger partial charge in [-0.2, -0.15) is 0 Å². The summed E-state index contributed by atoms with van der Waals surface area (Å²) in [6, 6.07) is -0.904. The van der Waals surface area contributed by atoms with Gasteiger partial charge in [0.2, 0.25) is 5.91 Å². The van der Waals surface area contributed by atoms with E-state index in [-0.39, 0.29) is 19.1 Å². The second-order valence-electron chi connectivity index (χ2n) is 2.98. The third-order valence-electron chi connectivity index (χ3n) is 1.74. The Balaban J connectivity index is 3.86. The van der Waals surface area contributed by atoms with Crippen molar-refractivity contribution in [2.45, 2.75) is 19.0 Å². The highest BCUT2D eigenvalue weighted by Crippen LogP contribution is 1.87.